The molecule has 1 heterocycles. The molecule has 0 radical (unpaired) electrons. The van der Waals surface area contributed by atoms with E-state index >= 15 is 0 Å². The zero-order chi connectivity index (χ0) is 8.55. The van der Waals surface area contributed by atoms with Crippen molar-refractivity contribution in [2.24, 2.45) is 0 Å². The van der Waals surface area contributed by atoms with E-state index in [2.05, 4.69) is 0 Å². The number of carbonyl (C=O) groups is 1. The zero-order valence-corrected chi connectivity index (χ0v) is 7.04. The lowest BCUT2D eigenvalue weighted by atomic mass is 10.1. The van der Waals surface area contributed by atoms with E-state index in [0.717, 1.165) is 11.3 Å². The van der Waals surface area contributed by atoms with Crippen LogP contribution in [0.3, 0.4) is 0 Å². The van der Waals surface area contributed by atoms with Gasteiger partial charge >= 0.3 is 0 Å². The Morgan fingerprint density at radius 2 is 2.25 bits per heavy atom. The third-order valence-electron chi connectivity index (χ3n) is 1.90. The number of rotatable bonds is 1. The number of carbonyl (C=O) groups excluding carboxylic acids is 1. The third-order valence-corrected chi connectivity index (χ3v) is 2.14. The van der Waals surface area contributed by atoms with Gasteiger partial charge in [-0.3, -0.25) is 4.79 Å². The molecule has 0 N–H and O–H groups in total. The molecular formula is C9H7ClO2. The van der Waals surface area contributed by atoms with Crippen molar-refractivity contribution >= 4 is 16.8 Å². The fourth-order valence-corrected chi connectivity index (χ4v) is 1.43. The quantitative estimate of drug-likeness (QED) is 0.619. The third kappa shape index (κ3) is 1.18. The van der Waals surface area contributed by atoms with Crippen LogP contribution in [-0.4, -0.2) is 11.3 Å². The molecule has 1 atom stereocenters. The van der Waals surface area contributed by atoms with Crippen LogP contribution in [0.15, 0.2) is 24.3 Å². The summed E-state index contributed by atoms with van der Waals surface area (Å²) < 4.78 is 5.29. The van der Waals surface area contributed by atoms with Gasteiger partial charge in [0.05, 0.1) is 0 Å². The smallest absolute Gasteiger partial charge is 0.262 e. The summed E-state index contributed by atoms with van der Waals surface area (Å²) in [7, 11) is 0. The maximum Gasteiger partial charge on any atom is 0.262 e. The van der Waals surface area contributed by atoms with Gasteiger partial charge in [0.15, 0.2) is 6.10 Å². The van der Waals surface area contributed by atoms with Gasteiger partial charge in [-0.15, -0.1) is 0 Å². The molecule has 2 nitrogen and oxygen atoms in total. The molecule has 12 heavy (non-hydrogen) atoms. The molecule has 2 rings (SSSR count). The summed E-state index contributed by atoms with van der Waals surface area (Å²) in [5, 5.41) is -0.425. The first-order valence-corrected chi connectivity index (χ1v) is 4.09. The van der Waals surface area contributed by atoms with Gasteiger partial charge < -0.3 is 4.74 Å². The Hall–Kier alpha value is -1.02. The second-order valence-electron chi connectivity index (χ2n) is 2.72. The van der Waals surface area contributed by atoms with E-state index in [4.69, 9.17) is 16.3 Å². The highest BCUT2D eigenvalue weighted by Gasteiger charge is 2.26. The van der Waals surface area contributed by atoms with Gasteiger partial charge in [0.25, 0.3) is 5.24 Å². The van der Waals surface area contributed by atoms with E-state index < -0.39 is 11.3 Å². The van der Waals surface area contributed by atoms with Gasteiger partial charge in [0, 0.05) is 6.42 Å². The SMILES string of the molecule is O=C(Cl)[C@H]1Cc2ccccc2O1. The minimum absolute atomic E-state index is 0.425. The highest BCUT2D eigenvalue weighted by molar-refractivity contribution is 6.64. The number of hydrogen-bond donors (Lipinski definition) is 0. The van der Waals surface area contributed by atoms with Crippen LogP contribution in [0.2, 0.25) is 0 Å². The van der Waals surface area contributed by atoms with Crippen LogP contribution in [0.5, 0.6) is 5.75 Å². The van der Waals surface area contributed by atoms with Gasteiger partial charge in [-0.2, -0.15) is 0 Å². The molecule has 0 aliphatic carbocycles. The summed E-state index contributed by atoms with van der Waals surface area (Å²) >= 11 is 5.31. The highest BCUT2D eigenvalue weighted by Crippen LogP contribution is 2.28. The van der Waals surface area contributed by atoms with E-state index in [-0.39, 0.29) is 0 Å². The number of ether oxygens (including phenoxy) is 1. The van der Waals surface area contributed by atoms with E-state index in [0.29, 0.717) is 6.42 Å². The van der Waals surface area contributed by atoms with E-state index in [1.54, 1.807) is 0 Å². The van der Waals surface area contributed by atoms with Crippen molar-refractivity contribution in [3.05, 3.63) is 29.8 Å². The van der Waals surface area contributed by atoms with E-state index in [9.17, 15) is 4.79 Å². The second kappa shape index (κ2) is 2.79. The van der Waals surface area contributed by atoms with Gasteiger partial charge in [-0.25, -0.2) is 0 Å². The molecule has 0 unspecified atom stereocenters. The highest BCUT2D eigenvalue weighted by atomic mass is 35.5. The number of fused-ring (bicyclic) bond motifs is 1. The average Bonchev–Trinajstić information content (AvgIpc) is 2.46. The van der Waals surface area contributed by atoms with Crippen LogP contribution in [0.4, 0.5) is 0 Å². The van der Waals surface area contributed by atoms with E-state index in [1.807, 2.05) is 24.3 Å². The maximum atomic E-state index is 10.8. The van der Waals surface area contributed by atoms with Crippen molar-refractivity contribution < 1.29 is 9.53 Å². The van der Waals surface area contributed by atoms with Crippen LogP contribution in [0.1, 0.15) is 5.56 Å². The van der Waals surface area contributed by atoms with Crippen molar-refractivity contribution in [2.45, 2.75) is 12.5 Å². The Labute approximate surface area is 75.1 Å². The first-order chi connectivity index (χ1) is 5.77. The summed E-state index contributed by atoms with van der Waals surface area (Å²) in [6, 6.07) is 7.58. The van der Waals surface area contributed by atoms with Crippen molar-refractivity contribution in [2.75, 3.05) is 0 Å². The molecule has 1 aliphatic heterocycles. The number of para-hydroxylation sites is 1. The lowest BCUT2D eigenvalue weighted by molar-refractivity contribution is -0.117. The minimum atomic E-state index is -0.482. The van der Waals surface area contributed by atoms with E-state index in [1.165, 1.54) is 0 Å². The number of halogens is 1. The number of hydrogen-bond acceptors (Lipinski definition) is 2. The first kappa shape index (κ1) is 7.62. The predicted molar refractivity (Wildman–Crippen MR) is 45.4 cm³/mol. The Morgan fingerprint density at radius 3 is 2.92 bits per heavy atom. The largest absolute Gasteiger partial charge is 0.481 e. The summed E-state index contributed by atoms with van der Waals surface area (Å²) in [6.45, 7) is 0. The predicted octanol–water partition coefficient (Wildman–Crippen LogP) is 1.76. The molecule has 3 heteroatoms. The minimum Gasteiger partial charge on any atom is -0.481 e. The van der Waals surface area contributed by atoms with Crippen molar-refractivity contribution in [1.82, 2.24) is 0 Å². The van der Waals surface area contributed by atoms with Crippen LogP contribution < -0.4 is 4.74 Å². The molecule has 1 aromatic carbocycles. The molecule has 1 aliphatic rings. The normalized spacial score (nSPS) is 19.9. The maximum absolute atomic E-state index is 10.8. The fraction of sp³-hybridized carbons (Fsp3) is 0.222. The summed E-state index contributed by atoms with van der Waals surface area (Å²) in [5.41, 5.74) is 1.05. The average molecular weight is 183 g/mol. The standard InChI is InChI=1S/C9H7ClO2/c10-9(11)8-5-6-3-1-2-4-7(6)12-8/h1-4,8H,5H2/t8-/m1/s1. The molecule has 0 spiro atoms. The first-order valence-electron chi connectivity index (χ1n) is 3.71. The molecular weight excluding hydrogens is 176 g/mol. The molecule has 0 saturated heterocycles. The summed E-state index contributed by atoms with van der Waals surface area (Å²) in [6.07, 6.45) is 0.113. The molecule has 0 fully saturated rings. The lowest BCUT2D eigenvalue weighted by Gasteiger charge is -2.02. The fourth-order valence-electron chi connectivity index (χ4n) is 1.31. The van der Waals surface area contributed by atoms with Crippen molar-refractivity contribution in [3.63, 3.8) is 0 Å². The number of benzene rings is 1. The van der Waals surface area contributed by atoms with Gasteiger partial charge in [0.1, 0.15) is 5.75 Å². The Kier molecular flexibility index (Phi) is 1.77. The van der Waals surface area contributed by atoms with Crippen LogP contribution in [0, 0.1) is 0 Å². The van der Waals surface area contributed by atoms with Crippen molar-refractivity contribution in [3.8, 4) is 5.75 Å². The van der Waals surface area contributed by atoms with Gasteiger partial charge in [-0.1, -0.05) is 18.2 Å². The molecule has 0 bridgehead atoms. The molecule has 62 valence electrons. The Bertz CT molecular complexity index is 297. The monoisotopic (exact) mass is 182 g/mol. The molecule has 0 aromatic heterocycles. The van der Waals surface area contributed by atoms with Crippen LogP contribution in [0.25, 0.3) is 0 Å². The lowest BCUT2D eigenvalue weighted by Crippen LogP contribution is -2.20. The van der Waals surface area contributed by atoms with Gasteiger partial charge in [0.2, 0.25) is 0 Å². The molecule has 0 amide bonds. The Morgan fingerprint density at radius 1 is 1.50 bits per heavy atom. The second-order valence-corrected chi connectivity index (χ2v) is 3.09. The van der Waals surface area contributed by atoms with Gasteiger partial charge in [-0.05, 0) is 23.2 Å². The van der Waals surface area contributed by atoms with Crippen LogP contribution >= 0.6 is 11.6 Å². The topological polar surface area (TPSA) is 26.3 Å². The Balaban J connectivity index is 2.27. The molecule has 0 saturated carbocycles. The van der Waals surface area contributed by atoms with Crippen molar-refractivity contribution in [1.29, 1.82) is 0 Å². The van der Waals surface area contributed by atoms with Crippen LogP contribution in [-0.2, 0) is 11.2 Å². The summed E-state index contributed by atoms with van der Waals surface area (Å²) in [4.78, 5) is 10.8. The zero-order valence-electron chi connectivity index (χ0n) is 6.29. The molecule has 1 aromatic rings. The summed E-state index contributed by atoms with van der Waals surface area (Å²) in [5.74, 6) is 0.775.